The summed E-state index contributed by atoms with van der Waals surface area (Å²) < 4.78 is 22.5. The lowest BCUT2D eigenvalue weighted by molar-refractivity contribution is -0.892. The molecule has 1 aromatic heterocycles. The number of rotatable bonds is 7. The molecule has 28 heavy (non-hydrogen) atoms. The number of amides is 1. The number of benzene rings is 1. The largest absolute Gasteiger partial charge is 0.351 e. The first-order valence-corrected chi connectivity index (χ1v) is 10.9. The molecule has 0 aliphatic carbocycles. The number of hydrogen-bond donors (Lipinski definition) is 3. The fourth-order valence-corrected chi connectivity index (χ4v) is 3.82. The third-order valence-corrected chi connectivity index (χ3v) is 5.83. The van der Waals surface area contributed by atoms with Crippen LogP contribution in [-0.4, -0.2) is 53.6 Å². The number of nitrogens with two attached hydrogens (primary N) is 1. The number of carbonyl (C=O) groups excluding carboxylic acids is 1. The number of primary sulfonamides is 1. The molecule has 1 fully saturated rings. The molecule has 0 bridgehead atoms. The van der Waals surface area contributed by atoms with E-state index in [0.29, 0.717) is 19.5 Å². The van der Waals surface area contributed by atoms with Crippen LogP contribution >= 0.6 is 0 Å². The van der Waals surface area contributed by atoms with Crippen LogP contribution in [0, 0.1) is 0 Å². The lowest BCUT2D eigenvalue weighted by Gasteiger charge is -2.27. The molecule has 0 unspecified atom stereocenters. The number of nitrogens with zero attached hydrogens (tertiary/aromatic N) is 1. The van der Waals surface area contributed by atoms with Gasteiger partial charge in [-0.1, -0.05) is 18.2 Å². The van der Waals surface area contributed by atoms with Crippen LogP contribution in [0.15, 0.2) is 53.6 Å². The van der Waals surface area contributed by atoms with Crippen molar-refractivity contribution in [1.82, 2.24) is 5.32 Å². The molecule has 1 aliphatic heterocycles. The standard InChI is InChI=1S/C19H25N5O3S/c20-28(26,27)17-6-4-16(5-7-17)8-10-22-19(25)15-23-11-13-24(14-12-23)18-3-1-2-9-21-18/h1-7,9H,8,10-15H2,(H,22,25)(H2,20,26,27)/p+2. The van der Waals surface area contributed by atoms with Crippen molar-refractivity contribution in [3.05, 3.63) is 54.2 Å². The molecule has 0 radical (unpaired) electrons. The summed E-state index contributed by atoms with van der Waals surface area (Å²) in [7, 11) is -3.67. The van der Waals surface area contributed by atoms with E-state index in [0.717, 1.165) is 37.6 Å². The van der Waals surface area contributed by atoms with Crippen LogP contribution in [0.4, 0.5) is 5.82 Å². The van der Waals surface area contributed by atoms with E-state index >= 15 is 0 Å². The summed E-state index contributed by atoms with van der Waals surface area (Å²) in [6, 6.07) is 12.5. The Morgan fingerprint density at radius 1 is 1.14 bits per heavy atom. The fraction of sp³-hybridized carbons (Fsp3) is 0.368. The fourth-order valence-electron chi connectivity index (χ4n) is 3.30. The molecular formula is C19H27N5O3S+2. The maximum Gasteiger partial charge on any atom is 0.275 e. The highest BCUT2D eigenvalue weighted by molar-refractivity contribution is 7.89. The molecule has 2 heterocycles. The van der Waals surface area contributed by atoms with Gasteiger partial charge < -0.3 is 10.2 Å². The highest BCUT2D eigenvalue weighted by Gasteiger charge is 2.26. The molecule has 0 spiro atoms. The molecule has 3 rings (SSSR count). The number of carbonyl (C=O) groups is 1. The van der Waals surface area contributed by atoms with Crippen LogP contribution in [-0.2, 0) is 21.2 Å². The Kier molecular flexibility index (Phi) is 6.61. The van der Waals surface area contributed by atoms with Gasteiger partial charge in [0.25, 0.3) is 11.7 Å². The van der Waals surface area contributed by atoms with Crippen molar-refractivity contribution in [2.75, 3.05) is 44.2 Å². The first-order valence-electron chi connectivity index (χ1n) is 9.35. The van der Waals surface area contributed by atoms with E-state index in [4.69, 9.17) is 5.14 Å². The second-order valence-corrected chi connectivity index (χ2v) is 8.51. The van der Waals surface area contributed by atoms with E-state index in [9.17, 15) is 13.2 Å². The second kappa shape index (κ2) is 9.13. The minimum Gasteiger partial charge on any atom is -0.351 e. The lowest BCUT2D eigenvalue weighted by atomic mass is 10.1. The zero-order valence-electron chi connectivity index (χ0n) is 15.7. The van der Waals surface area contributed by atoms with Crippen molar-refractivity contribution in [2.45, 2.75) is 11.3 Å². The van der Waals surface area contributed by atoms with Gasteiger partial charge in [-0.2, -0.15) is 0 Å². The van der Waals surface area contributed by atoms with Crippen LogP contribution in [0.1, 0.15) is 5.56 Å². The molecule has 8 nitrogen and oxygen atoms in total. The van der Waals surface area contributed by atoms with Gasteiger partial charge in [0, 0.05) is 12.6 Å². The third-order valence-electron chi connectivity index (χ3n) is 4.90. The first kappa shape index (κ1) is 20.2. The van der Waals surface area contributed by atoms with Gasteiger partial charge in [0.1, 0.15) is 26.2 Å². The van der Waals surface area contributed by atoms with Crippen LogP contribution in [0.2, 0.25) is 0 Å². The monoisotopic (exact) mass is 405 g/mol. The first-order chi connectivity index (χ1) is 13.4. The number of nitrogens with one attached hydrogen (secondary N) is 3. The number of hydrogen-bond acceptors (Lipinski definition) is 4. The molecule has 0 atom stereocenters. The van der Waals surface area contributed by atoms with E-state index < -0.39 is 10.0 Å². The highest BCUT2D eigenvalue weighted by Crippen LogP contribution is 2.09. The van der Waals surface area contributed by atoms with Gasteiger partial charge in [-0.05, 0) is 30.2 Å². The SMILES string of the molecule is NS(=O)(=O)c1ccc(CCNC(=O)C[NH+]2CCN(c3cccc[nH+]3)CC2)cc1. The second-order valence-electron chi connectivity index (χ2n) is 6.95. The van der Waals surface area contributed by atoms with Crippen LogP contribution in [0.3, 0.4) is 0 Å². The Hall–Kier alpha value is -2.49. The molecule has 1 aromatic carbocycles. The van der Waals surface area contributed by atoms with Crippen LogP contribution < -0.4 is 25.2 Å². The van der Waals surface area contributed by atoms with E-state index in [-0.39, 0.29) is 10.8 Å². The van der Waals surface area contributed by atoms with Crippen LogP contribution in [0.5, 0.6) is 0 Å². The molecule has 0 saturated carbocycles. The van der Waals surface area contributed by atoms with E-state index in [1.54, 1.807) is 12.1 Å². The van der Waals surface area contributed by atoms with Gasteiger partial charge in [-0.25, -0.2) is 18.5 Å². The minimum atomic E-state index is -3.67. The Morgan fingerprint density at radius 3 is 2.46 bits per heavy atom. The Labute approximate surface area is 165 Å². The number of aromatic nitrogens is 1. The van der Waals surface area contributed by atoms with E-state index in [2.05, 4.69) is 21.3 Å². The molecule has 2 aromatic rings. The average Bonchev–Trinajstić information content (AvgIpc) is 2.69. The molecule has 150 valence electrons. The molecule has 1 aliphatic rings. The molecule has 1 saturated heterocycles. The number of sulfonamides is 1. The van der Waals surface area contributed by atoms with Gasteiger partial charge in [0.05, 0.1) is 11.1 Å². The summed E-state index contributed by atoms with van der Waals surface area (Å²) in [5.74, 6) is 1.15. The van der Waals surface area contributed by atoms with E-state index in [1.807, 2.05) is 18.3 Å². The number of pyridine rings is 1. The van der Waals surface area contributed by atoms with Gasteiger partial charge in [-0.15, -0.1) is 0 Å². The smallest absolute Gasteiger partial charge is 0.275 e. The molecule has 5 N–H and O–H groups in total. The Morgan fingerprint density at radius 2 is 1.86 bits per heavy atom. The zero-order chi connectivity index (χ0) is 20.0. The zero-order valence-corrected chi connectivity index (χ0v) is 16.5. The number of aromatic amines is 1. The minimum absolute atomic E-state index is 0.0379. The number of quaternary nitrogens is 1. The summed E-state index contributed by atoms with van der Waals surface area (Å²) >= 11 is 0. The average molecular weight is 406 g/mol. The number of H-pyrrole nitrogens is 1. The number of anilines is 1. The molecular weight excluding hydrogens is 378 g/mol. The van der Waals surface area contributed by atoms with Crippen molar-refractivity contribution in [3.63, 3.8) is 0 Å². The molecule has 9 heteroatoms. The van der Waals surface area contributed by atoms with Gasteiger partial charge in [0.2, 0.25) is 10.0 Å². The van der Waals surface area contributed by atoms with Gasteiger partial charge in [0.15, 0.2) is 6.54 Å². The predicted molar refractivity (Wildman–Crippen MR) is 105 cm³/mol. The Balaban J connectivity index is 1.37. The van der Waals surface area contributed by atoms with Crippen molar-refractivity contribution >= 4 is 21.7 Å². The molecule has 1 amide bonds. The quantitative estimate of drug-likeness (QED) is 0.505. The van der Waals surface area contributed by atoms with Gasteiger partial charge in [-0.3, -0.25) is 9.69 Å². The summed E-state index contributed by atoms with van der Waals surface area (Å²) in [6.45, 7) is 4.66. The van der Waals surface area contributed by atoms with E-state index in [1.165, 1.54) is 17.0 Å². The van der Waals surface area contributed by atoms with Gasteiger partial charge >= 0.3 is 0 Å². The maximum atomic E-state index is 12.2. The van der Waals surface area contributed by atoms with Crippen molar-refractivity contribution in [2.24, 2.45) is 5.14 Å². The maximum absolute atomic E-state index is 12.2. The predicted octanol–water partition coefficient (Wildman–Crippen LogP) is -1.79. The van der Waals surface area contributed by atoms with Crippen molar-refractivity contribution in [1.29, 1.82) is 0 Å². The number of piperazine rings is 1. The summed E-state index contributed by atoms with van der Waals surface area (Å²) in [5, 5.41) is 8.03. The Bertz CT molecular complexity index is 880. The van der Waals surface area contributed by atoms with Crippen molar-refractivity contribution < 1.29 is 23.1 Å². The topological polar surface area (TPSA) is 111 Å². The summed E-state index contributed by atoms with van der Waals surface area (Å²) in [4.78, 5) is 19.1. The third kappa shape index (κ3) is 5.75. The summed E-state index contributed by atoms with van der Waals surface area (Å²) in [5.41, 5.74) is 0.952. The van der Waals surface area contributed by atoms with Crippen LogP contribution in [0.25, 0.3) is 0 Å². The summed E-state index contributed by atoms with van der Waals surface area (Å²) in [6.07, 6.45) is 2.56. The van der Waals surface area contributed by atoms with Crippen molar-refractivity contribution in [3.8, 4) is 0 Å². The lowest BCUT2D eigenvalue weighted by Crippen LogP contribution is -3.16. The highest BCUT2D eigenvalue weighted by atomic mass is 32.2. The normalized spacial score (nSPS) is 15.4.